The summed E-state index contributed by atoms with van der Waals surface area (Å²) < 4.78 is 37.2. The predicted octanol–water partition coefficient (Wildman–Crippen LogP) is 4.73. The van der Waals surface area contributed by atoms with Crippen molar-refractivity contribution >= 4 is 5.65 Å². The molecule has 0 N–H and O–H groups in total. The van der Waals surface area contributed by atoms with Crippen LogP contribution in [0.5, 0.6) is 5.75 Å². The van der Waals surface area contributed by atoms with Crippen LogP contribution >= 0.6 is 0 Å². The number of imidazole rings is 1. The van der Waals surface area contributed by atoms with Gasteiger partial charge in [0.15, 0.2) is 11.4 Å². The number of hydrogen-bond acceptors (Lipinski definition) is 5. The van der Waals surface area contributed by atoms with Crippen LogP contribution < -0.4 is 4.74 Å². The minimum absolute atomic E-state index is 0.109. The molecule has 0 spiro atoms. The van der Waals surface area contributed by atoms with E-state index in [2.05, 4.69) is 10.1 Å². The average molecular weight is 455 g/mol. The molecule has 4 rings (SSSR count). The Morgan fingerprint density at radius 1 is 1.18 bits per heavy atom. The molecule has 0 atom stereocenters. The van der Waals surface area contributed by atoms with Crippen molar-refractivity contribution in [3.05, 3.63) is 81.4 Å². The topological polar surface area (TPSA) is 87.5 Å². The summed E-state index contributed by atoms with van der Waals surface area (Å²) in [6.45, 7) is 6.61. The maximum atomic E-state index is 14.0. The number of benzene rings is 1. The number of nitrogens with zero attached hydrogens (tertiary/aromatic N) is 5. The Bertz CT molecular complexity index is 1340. The van der Waals surface area contributed by atoms with Crippen molar-refractivity contribution in [2.75, 3.05) is 0 Å². The molecule has 0 saturated carbocycles. The molecule has 0 amide bonds. The lowest BCUT2D eigenvalue weighted by Crippen LogP contribution is -2.36. The molecule has 4 aromatic rings. The Kier molecular flexibility index (Phi) is 5.61. The zero-order valence-corrected chi connectivity index (χ0v) is 18.7. The Hall–Kier alpha value is -3.82. The quantitative estimate of drug-likeness (QED) is 0.297. The monoisotopic (exact) mass is 455 g/mol. The number of nitro groups is 1. The number of aromatic nitrogens is 4. The summed E-state index contributed by atoms with van der Waals surface area (Å²) in [6, 6.07) is 5.43. The van der Waals surface area contributed by atoms with Crippen molar-refractivity contribution in [3.63, 3.8) is 0 Å². The minimum atomic E-state index is -1.17. The normalized spacial score (nSPS) is 11.8. The summed E-state index contributed by atoms with van der Waals surface area (Å²) in [7, 11) is 0. The molecule has 8 nitrogen and oxygen atoms in total. The van der Waals surface area contributed by atoms with Crippen molar-refractivity contribution in [1.29, 1.82) is 0 Å². The molecule has 0 unspecified atom stereocenters. The molecule has 3 aromatic heterocycles. The first kappa shape index (κ1) is 22.4. The van der Waals surface area contributed by atoms with E-state index >= 15 is 0 Å². The molecule has 33 heavy (non-hydrogen) atoms. The maximum Gasteiger partial charge on any atom is 0.236 e. The summed E-state index contributed by atoms with van der Waals surface area (Å²) in [6.07, 6.45) is 5.24. The molecule has 1 aromatic carbocycles. The fourth-order valence-corrected chi connectivity index (χ4v) is 3.66. The average Bonchev–Trinajstić information content (AvgIpc) is 3.30. The van der Waals surface area contributed by atoms with E-state index in [0.717, 1.165) is 16.8 Å². The lowest BCUT2D eigenvalue weighted by molar-refractivity contribution is -0.563. The molecule has 0 fully saturated rings. The third-order valence-electron chi connectivity index (χ3n) is 5.38. The molecule has 172 valence electrons. The van der Waals surface area contributed by atoms with Crippen LogP contribution in [0.4, 0.5) is 8.78 Å². The van der Waals surface area contributed by atoms with Gasteiger partial charge >= 0.3 is 0 Å². The van der Waals surface area contributed by atoms with Crippen molar-refractivity contribution in [3.8, 4) is 17.0 Å². The number of ether oxygens (including phenoxy) is 1. The standard InChI is InChI=1S/C23H23F2N5O3/c1-14-8-20(33-12-17-18(24)6-5-7-19(17)25)22-27-15(2)21(29(22)10-14)16-9-26-28(11-16)13-23(3,4)30(31)32/h5-11H,12-13H2,1-4H3. The highest BCUT2D eigenvalue weighted by molar-refractivity contribution is 5.69. The second kappa shape index (κ2) is 8.27. The molecule has 0 radical (unpaired) electrons. The van der Waals surface area contributed by atoms with Gasteiger partial charge in [0.05, 0.1) is 23.1 Å². The molecule has 0 aliphatic heterocycles. The number of fused-ring (bicyclic) bond motifs is 1. The largest absolute Gasteiger partial charge is 0.485 e. The molecular formula is C23H23F2N5O3. The Morgan fingerprint density at radius 3 is 2.55 bits per heavy atom. The first-order chi connectivity index (χ1) is 15.6. The van der Waals surface area contributed by atoms with Gasteiger partial charge in [-0.15, -0.1) is 0 Å². The second-order valence-corrected chi connectivity index (χ2v) is 8.61. The molecule has 0 aliphatic rings. The van der Waals surface area contributed by atoms with E-state index in [0.29, 0.717) is 17.1 Å². The van der Waals surface area contributed by atoms with Gasteiger partial charge in [-0.25, -0.2) is 13.8 Å². The Morgan fingerprint density at radius 2 is 1.88 bits per heavy atom. The molecule has 10 heteroatoms. The van der Waals surface area contributed by atoms with E-state index in [-0.39, 0.29) is 23.6 Å². The van der Waals surface area contributed by atoms with E-state index in [1.54, 1.807) is 32.3 Å². The van der Waals surface area contributed by atoms with Crippen LogP contribution in [-0.2, 0) is 13.2 Å². The van der Waals surface area contributed by atoms with Gasteiger partial charge in [-0.1, -0.05) is 6.07 Å². The summed E-state index contributed by atoms with van der Waals surface area (Å²) >= 11 is 0. The van der Waals surface area contributed by atoms with Gasteiger partial charge in [-0.2, -0.15) is 5.10 Å². The van der Waals surface area contributed by atoms with Crippen LogP contribution in [0.2, 0.25) is 0 Å². The predicted molar refractivity (Wildman–Crippen MR) is 118 cm³/mol. The third kappa shape index (κ3) is 4.28. The number of rotatable bonds is 7. The molecule has 0 saturated heterocycles. The smallest absolute Gasteiger partial charge is 0.236 e. The van der Waals surface area contributed by atoms with Gasteiger partial charge in [0.25, 0.3) is 0 Å². The van der Waals surface area contributed by atoms with E-state index in [4.69, 9.17) is 4.74 Å². The van der Waals surface area contributed by atoms with Crippen LogP contribution in [0.25, 0.3) is 16.9 Å². The van der Waals surface area contributed by atoms with Crippen LogP contribution in [0, 0.1) is 35.6 Å². The summed E-state index contributed by atoms with van der Waals surface area (Å²) in [5.41, 5.74) is 2.19. The van der Waals surface area contributed by atoms with Crippen LogP contribution in [-0.4, -0.2) is 29.6 Å². The summed E-state index contributed by atoms with van der Waals surface area (Å²) in [5, 5.41) is 15.5. The SMILES string of the molecule is Cc1cc(OCc2c(F)cccc2F)c2nc(C)c(-c3cnn(CC(C)(C)[N+](=O)[O-])c3)n2c1. The van der Waals surface area contributed by atoms with Crippen molar-refractivity contribution in [2.45, 2.75) is 46.4 Å². The van der Waals surface area contributed by atoms with Gasteiger partial charge in [0.2, 0.25) is 5.54 Å². The van der Waals surface area contributed by atoms with E-state index in [9.17, 15) is 18.9 Å². The Labute approximate surface area is 188 Å². The van der Waals surface area contributed by atoms with E-state index < -0.39 is 17.2 Å². The third-order valence-corrected chi connectivity index (χ3v) is 5.38. The van der Waals surface area contributed by atoms with Gasteiger partial charge in [-0.05, 0) is 37.6 Å². The van der Waals surface area contributed by atoms with Gasteiger partial charge in [0.1, 0.15) is 24.8 Å². The van der Waals surface area contributed by atoms with Gasteiger partial charge in [-0.3, -0.25) is 19.2 Å². The van der Waals surface area contributed by atoms with E-state index in [1.165, 1.54) is 22.9 Å². The van der Waals surface area contributed by atoms with Crippen molar-refractivity contribution in [1.82, 2.24) is 19.2 Å². The summed E-state index contributed by atoms with van der Waals surface area (Å²) in [4.78, 5) is 15.5. The number of pyridine rings is 1. The van der Waals surface area contributed by atoms with Crippen LogP contribution in [0.3, 0.4) is 0 Å². The highest BCUT2D eigenvalue weighted by Crippen LogP contribution is 2.31. The van der Waals surface area contributed by atoms with E-state index in [1.807, 2.05) is 24.4 Å². The minimum Gasteiger partial charge on any atom is -0.485 e. The fourth-order valence-electron chi connectivity index (χ4n) is 3.66. The highest BCUT2D eigenvalue weighted by atomic mass is 19.1. The molecule has 3 heterocycles. The molecular weight excluding hydrogens is 432 g/mol. The zero-order valence-electron chi connectivity index (χ0n) is 18.7. The maximum absolute atomic E-state index is 14.0. The lowest BCUT2D eigenvalue weighted by Gasteiger charge is -2.14. The first-order valence-corrected chi connectivity index (χ1v) is 10.3. The Balaban J connectivity index is 1.70. The van der Waals surface area contributed by atoms with Crippen LogP contribution in [0.1, 0.15) is 30.7 Å². The number of hydrogen-bond donors (Lipinski definition) is 0. The highest BCUT2D eigenvalue weighted by Gasteiger charge is 2.31. The first-order valence-electron chi connectivity index (χ1n) is 10.3. The van der Waals surface area contributed by atoms with Crippen molar-refractivity contribution < 1.29 is 18.4 Å². The van der Waals surface area contributed by atoms with Crippen LogP contribution in [0.15, 0.2) is 42.9 Å². The van der Waals surface area contributed by atoms with Gasteiger partial charge < -0.3 is 4.74 Å². The van der Waals surface area contributed by atoms with Crippen molar-refractivity contribution in [2.24, 2.45) is 0 Å². The zero-order chi connectivity index (χ0) is 23.9. The second-order valence-electron chi connectivity index (χ2n) is 8.61. The van der Waals surface area contributed by atoms with Gasteiger partial charge in [0, 0.05) is 36.7 Å². The summed E-state index contributed by atoms with van der Waals surface area (Å²) in [5.74, 6) is -0.971. The molecule has 0 bridgehead atoms. The number of halogens is 2. The molecule has 0 aliphatic carbocycles. The fraction of sp³-hybridized carbons (Fsp3) is 0.304. The number of aryl methyl sites for hydroxylation is 2. The lowest BCUT2D eigenvalue weighted by atomic mass is 10.1.